The van der Waals surface area contributed by atoms with Gasteiger partial charge in [-0.05, 0) is 31.4 Å². The van der Waals surface area contributed by atoms with E-state index in [1.54, 1.807) is 19.2 Å². The molecule has 0 radical (unpaired) electrons. The highest BCUT2D eigenvalue weighted by Crippen LogP contribution is 2.20. The van der Waals surface area contributed by atoms with Crippen LogP contribution in [0, 0.1) is 13.8 Å². The first kappa shape index (κ1) is 16.9. The molecule has 0 aliphatic heterocycles. The average Bonchev–Trinajstić information content (AvgIpc) is 2.95. The largest absolute Gasteiger partial charge is 0.455 e. The Balaban J connectivity index is 1.83. The first-order valence-corrected chi connectivity index (χ1v) is 8.07. The summed E-state index contributed by atoms with van der Waals surface area (Å²) in [5.41, 5.74) is 3.47. The maximum Gasteiger partial charge on any atom is 0.342 e. The van der Waals surface area contributed by atoms with Crippen LogP contribution in [0.5, 0.6) is 0 Å². The van der Waals surface area contributed by atoms with Crippen molar-refractivity contribution >= 4 is 11.6 Å². The lowest BCUT2D eigenvalue weighted by Gasteiger charge is -2.08. The molecule has 3 heterocycles. The Morgan fingerprint density at radius 1 is 1.32 bits per heavy atom. The predicted molar refractivity (Wildman–Crippen MR) is 92.7 cm³/mol. The maximum absolute atomic E-state index is 12.4. The zero-order chi connectivity index (χ0) is 18.1. The molecule has 0 unspecified atom stereocenters. The van der Waals surface area contributed by atoms with Crippen molar-refractivity contribution in [2.75, 3.05) is 0 Å². The second kappa shape index (κ2) is 6.51. The van der Waals surface area contributed by atoms with Crippen LogP contribution in [-0.4, -0.2) is 25.6 Å². The highest BCUT2D eigenvalue weighted by Gasteiger charge is 2.21. The van der Waals surface area contributed by atoms with Crippen LogP contribution in [0.1, 0.15) is 52.8 Å². The van der Waals surface area contributed by atoms with Crippen LogP contribution in [0.2, 0.25) is 0 Å². The van der Waals surface area contributed by atoms with Crippen LogP contribution in [0.15, 0.2) is 29.2 Å². The van der Waals surface area contributed by atoms with E-state index in [-0.39, 0.29) is 18.1 Å². The van der Waals surface area contributed by atoms with Gasteiger partial charge in [0.15, 0.2) is 0 Å². The summed E-state index contributed by atoms with van der Waals surface area (Å²) < 4.78 is 6.83. The van der Waals surface area contributed by atoms with Crippen molar-refractivity contribution in [3.63, 3.8) is 0 Å². The van der Waals surface area contributed by atoms with E-state index in [9.17, 15) is 9.59 Å². The molecule has 0 aliphatic carbocycles. The van der Waals surface area contributed by atoms with Gasteiger partial charge in [0.2, 0.25) is 0 Å². The summed E-state index contributed by atoms with van der Waals surface area (Å²) in [5.74, 6) is -0.375. The molecule has 25 heavy (non-hydrogen) atoms. The van der Waals surface area contributed by atoms with Crippen molar-refractivity contribution in [2.24, 2.45) is 0 Å². The van der Waals surface area contributed by atoms with E-state index in [0.29, 0.717) is 28.3 Å². The Kier molecular flexibility index (Phi) is 4.39. The predicted octanol–water partition coefficient (Wildman–Crippen LogP) is 2.51. The van der Waals surface area contributed by atoms with Crippen LogP contribution < -0.4 is 5.56 Å². The Hall–Kier alpha value is -2.96. The highest BCUT2D eigenvalue weighted by atomic mass is 16.5. The Labute approximate surface area is 144 Å². The van der Waals surface area contributed by atoms with Crippen LogP contribution in [0.4, 0.5) is 0 Å². The molecule has 0 aliphatic rings. The molecule has 0 amide bonds. The number of fused-ring (bicyclic) bond motifs is 1. The maximum atomic E-state index is 12.4. The van der Waals surface area contributed by atoms with Crippen LogP contribution in [0.25, 0.3) is 5.65 Å². The molecule has 3 aromatic heterocycles. The first-order valence-electron chi connectivity index (χ1n) is 8.07. The minimum absolute atomic E-state index is 0.0688. The third kappa shape index (κ3) is 3.31. The summed E-state index contributed by atoms with van der Waals surface area (Å²) in [6, 6.07) is 5.02. The number of esters is 1. The van der Waals surface area contributed by atoms with E-state index in [1.165, 1.54) is 10.5 Å². The SMILES string of the molecule is Cc1ccc2nc(COC(=O)c3c(C(C)C)n[nH]c3C)cc(=O)n2c1. The molecule has 130 valence electrons. The lowest BCUT2D eigenvalue weighted by molar-refractivity contribution is 0.0465. The molecule has 0 fully saturated rings. The van der Waals surface area contributed by atoms with Crippen molar-refractivity contribution in [1.82, 2.24) is 19.6 Å². The quantitative estimate of drug-likeness (QED) is 0.737. The fraction of sp³-hybridized carbons (Fsp3) is 0.333. The third-order valence-corrected chi connectivity index (χ3v) is 3.94. The summed E-state index contributed by atoms with van der Waals surface area (Å²) >= 11 is 0. The second-order valence-corrected chi connectivity index (χ2v) is 6.36. The Morgan fingerprint density at radius 3 is 2.80 bits per heavy atom. The number of hydrogen-bond donors (Lipinski definition) is 1. The Bertz CT molecular complexity index is 1000. The van der Waals surface area contributed by atoms with Gasteiger partial charge in [0.25, 0.3) is 5.56 Å². The minimum Gasteiger partial charge on any atom is -0.455 e. The normalized spacial score (nSPS) is 11.2. The van der Waals surface area contributed by atoms with E-state index in [0.717, 1.165) is 5.56 Å². The van der Waals surface area contributed by atoms with Gasteiger partial charge in [-0.2, -0.15) is 5.10 Å². The van der Waals surface area contributed by atoms with E-state index in [2.05, 4.69) is 15.2 Å². The number of nitrogens with one attached hydrogen (secondary N) is 1. The number of aromatic nitrogens is 4. The van der Waals surface area contributed by atoms with Gasteiger partial charge >= 0.3 is 5.97 Å². The van der Waals surface area contributed by atoms with Crippen LogP contribution >= 0.6 is 0 Å². The zero-order valence-corrected chi connectivity index (χ0v) is 14.7. The van der Waals surface area contributed by atoms with Crippen molar-refractivity contribution in [2.45, 2.75) is 40.2 Å². The van der Waals surface area contributed by atoms with Crippen LogP contribution in [-0.2, 0) is 11.3 Å². The number of aromatic amines is 1. The summed E-state index contributed by atoms with van der Waals surface area (Å²) in [4.78, 5) is 29.0. The van der Waals surface area contributed by atoms with E-state index >= 15 is 0 Å². The van der Waals surface area contributed by atoms with E-state index < -0.39 is 5.97 Å². The van der Waals surface area contributed by atoms with Gasteiger partial charge in [-0.1, -0.05) is 19.9 Å². The molecule has 0 bridgehead atoms. The van der Waals surface area contributed by atoms with Crippen LogP contribution in [0.3, 0.4) is 0 Å². The molecule has 7 nitrogen and oxygen atoms in total. The number of carbonyl (C=O) groups excluding carboxylic acids is 1. The number of rotatable bonds is 4. The van der Waals surface area contributed by atoms with Gasteiger partial charge in [-0.15, -0.1) is 0 Å². The van der Waals surface area contributed by atoms with Gasteiger partial charge in [0, 0.05) is 18.0 Å². The molecule has 7 heteroatoms. The Morgan fingerprint density at radius 2 is 2.08 bits per heavy atom. The fourth-order valence-corrected chi connectivity index (χ4v) is 2.67. The highest BCUT2D eigenvalue weighted by molar-refractivity contribution is 5.92. The number of pyridine rings is 1. The number of aryl methyl sites for hydroxylation is 2. The number of carbonyl (C=O) groups is 1. The molecule has 0 atom stereocenters. The molecule has 0 saturated heterocycles. The minimum atomic E-state index is -0.471. The second-order valence-electron chi connectivity index (χ2n) is 6.36. The lowest BCUT2D eigenvalue weighted by Crippen LogP contribution is -2.17. The molecule has 0 spiro atoms. The van der Waals surface area contributed by atoms with Crippen molar-refractivity contribution < 1.29 is 9.53 Å². The number of H-pyrrole nitrogens is 1. The molecule has 3 aromatic rings. The average molecular weight is 340 g/mol. The molecular formula is C18H20N4O3. The molecule has 3 rings (SSSR count). The van der Waals surface area contributed by atoms with Gasteiger partial charge < -0.3 is 4.74 Å². The number of nitrogens with zero attached hydrogens (tertiary/aromatic N) is 3. The summed E-state index contributed by atoms with van der Waals surface area (Å²) in [6.07, 6.45) is 1.73. The molecule has 1 N–H and O–H groups in total. The fourth-order valence-electron chi connectivity index (χ4n) is 2.67. The third-order valence-electron chi connectivity index (χ3n) is 3.94. The number of ether oxygens (including phenoxy) is 1. The van der Waals surface area contributed by atoms with Gasteiger partial charge in [-0.25, -0.2) is 9.78 Å². The zero-order valence-electron chi connectivity index (χ0n) is 14.7. The van der Waals surface area contributed by atoms with E-state index in [4.69, 9.17) is 4.74 Å². The number of hydrogen-bond acceptors (Lipinski definition) is 5. The van der Waals surface area contributed by atoms with Crippen molar-refractivity contribution in [3.05, 3.63) is 63.0 Å². The van der Waals surface area contributed by atoms with Gasteiger partial charge in [-0.3, -0.25) is 14.3 Å². The summed E-state index contributed by atoms with van der Waals surface area (Å²) in [6.45, 7) is 7.53. The molecule has 0 aromatic carbocycles. The van der Waals surface area contributed by atoms with Crippen molar-refractivity contribution in [1.29, 1.82) is 0 Å². The summed E-state index contributed by atoms with van der Waals surface area (Å²) in [5, 5.41) is 6.98. The lowest BCUT2D eigenvalue weighted by atomic mass is 10.0. The van der Waals surface area contributed by atoms with Gasteiger partial charge in [0.05, 0.1) is 11.4 Å². The standard InChI is InChI=1S/C18H20N4O3/c1-10(2)17-16(12(4)20-21-17)18(24)25-9-13-7-15(23)22-8-11(3)5-6-14(22)19-13/h5-8,10H,9H2,1-4H3,(H,20,21). The van der Waals surface area contributed by atoms with E-state index in [1.807, 2.05) is 26.8 Å². The summed E-state index contributed by atoms with van der Waals surface area (Å²) in [7, 11) is 0. The molecular weight excluding hydrogens is 320 g/mol. The smallest absolute Gasteiger partial charge is 0.342 e. The molecule has 0 saturated carbocycles. The van der Waals surface area contributed by atoms with Crippen molar-refractivity contribution in [3.8, 4) is 0 Å². The van der Waals surface area contributed by atoms with Gasteiger partial charge in [0.1, 0.15) is 17.8 Å². The monoisotopic (exact) mass is 340 g/mol. The topological polar surface area (TPSA) is 89.3 Å². The first-order chi connectivity index (χ1) is 11.9.